The lowest BCUT2D eigenvalue weighted by molar-refractivity contribution is 0.0348. The maximum Gasteiger partial charge on any atom is 0.322 e. The predicted molar refractivity (Wildman–Crippen MR) is 62.9 cm³/mol. The van der Waals surface area contributed by atoms with E-state index in [0.29, 0.717) is 31.9 Å². The number of aromatic nitrogens is 3. The topological polar surface area (TPSA) is 97.4 Å². The normalized spacial score (nSPS) is 19.1. The average Bonchev–Trinajstić information content (AvgIpc) is 2.28. The molecule has 0 unspecified atom stereocenters. The zero-order chi connectivity index (χ0) is 12.5. The molecule has 17 heavy (non-hydrogen) atoms. The SMILES string of the molecule is COc1nc(N)nc(N2CCC(C)(O)CC2)n1. The highest BCUT2D eigenvalue weighted by Crippen LogP contribution is 2.24. The van der Waals surface area contributed by atoms with E-state index in [1.165, 1.54) is 7.11 Å². The van der Waals surface area contributed by atoms with Crippen molar-refractivity contribution < 1.29 is 9.84 Å². The molecule has 1 aromatic heterocycles. The van der Waals surface area contributed by atoms with Crippen molar-refractivity contribution in [1.82, 2.24) is 15.0 Å². The highest BCUT2D eigenvalue weighted by atomic mass is 16.5. The van der Waals surface area contributed by atoms with Crippen molar-refractivity contribution in [2.45, 2.75) is 25.4 Å². The molecule has 94 valence electrons. The average molecular weight is 239 g/mol. The highest BCUT2D eigenvalue weighted by molar-refractivity contribution is 5.36. The Bertz CT molecular complexity index is 400. The van der Waals surface area contributed by atoms with Gasteiger partial charge in [0.1, 0.15) is 0 Å². The van der Waals surface area contributed by atoms with Gasteiger partial charge in [0.25, 0.3) is 0 Å². The first kappa shape index (κ1) is 11.8. The van der Waals surface area contributed by atoms with E-state index in [4.69, 9.17) is 10.5 Å². The summed E-state index contributed by atoms with van der Waals surface area (Å²) in [6.45, 7) is 3.23. The molecule has 0 aromatic carbocycles. The smallest absolute Gasteiger partial charge is 0.322 e. The quantitative estimate of drug-likeness (QED) is 0.738. The number of nitrogen functional groups attached to an aromatic ring is 1. The number of nitrogens with two attached hydrogens (primary N) is 1. The summed E-state index contributed by atoms with van der Waals surface area (Å²) in [7, 11) is 1.49. The van der Waals surface area contributed by atoms with Gasteiger partial charge in [0, 0.05) is 13.1 Å². The molecule has 1 aromatic rings. The van der Waals surface area contributed by atoms with Crippen molar-refractivity contribution in [1.29, 1.82) is 0 Å². The van der Waals surface area contributed by atoms with Crippen LogP contribution in [0.1, 0.15) is 19.8 Å². The molecule has 0 radical (unpaired) electrons. The van der Waals surface area contributed by atoms with Crippen LogP contribution in [-0.4, -0.2) is 45.9 Å². The van der Waals surface area contributed by atoms with E-state index in [1.54, 1.807) is 0 Å². The minimum absolute atomic E-state index is 0.143. The van der Waals surface area contributed by atoms with Gasteiger partial charge in [-0.15, -0.1) is 0 Å². The van der Waals surface area contributed by atoms with Gasteiger partial charge in [0.15, 0.2) is 0 Å². The van der Waals surface area contributed by atoms with Crippen molar-refractivity contribution in [2.75, 3.05) is 30.8 Å². The number of methoxy groups -OCH3 is 1. The van der Waals surface area contributed by atoms with E-state index >= 15 is 0 Å². The van der Waals surface area contributed by atoms with Crippen molar-refractivity contribution in [3.63, 3.8) is 0 Å². The van der Waals surface area contributed by atoms with Crippen LogP contribution in [0.3, 0.4) is 0 Å². The maximum atomic E-state index is 9.87. The van der Waals surface area contributed by atoms with Crippen molar-refractivity contribution in [3.8, 4) is 6.01 Å². The van der Waals surface area contributed by atoms with Gasteiger partial charge in [-0.05, 0) is 19.8 Å². The number of piperidine rings is 1. The number of anilines is 2. The van der Waals surface area contributed by atoms with Crippen molar-refractivity contribution in [3.05, 3.63) is 0 Å². The second-order valence-corrected chi connectivity index (χ2v) is 4.46. The molecule has 1 aliphatic heterocycles. The minimum atomic E-state index is -0.598. The molecule has 0 bridgehead atoms. The van der Waals surface area contributed by atoms with E-state index in [0.717, 1.165) is 0 Å². The van der Waals surface area contributed by atoms with Crippen molar-refractivity contribution in [2.24, 2.45) is 0 Å². The van der Waals surface area contributed by atoms with Gasteiger partial charge in [-0.3, -0.25) is 0 Å². The number of nitrogens with zero attached hydrogens (tertiary/aromatic N) is 4. The van der Waals surface area contributed by atoms with Crippen LogP contribution >= 0.6 is 0 Å². The Morgan fingerprint density at radius 1 is 1.29 bits per heavy atom. The summed E-state index contributed by atoms with van der Waals surface area (Å²) in [4.78, 5) is 14.0. The molecular formula is C10H17N5O2. The van der Waals surface area contributed by atoms with Gasteiger partial charge in [0.05, 0.1) is 12.7 Å². The lowest BCUT2D eigenvalue weighted by Gasteiger charge is -2.35. The first-order chi connectivity index (χ1) is 8.00. The Labute approximate surface area is 99.6 Å². The number of rotatable bonds is 2. The van der Waals surface area contributed by atoms with Gasteiger partial charge in [0.2, 0.25) is 11.9 Å². The van der Waals surface area contributed by atoms with Crippen molar-refractivity contribution >= 4 is 11.9 Å². The Hall–Kier alpha value is -1.63. The molecule has 0 saturated carbocycles. The summed E-state index contributed by atoms with van der Waals surface area (Å²) in [5.74, 6) is 0.647. The summed E-state index contributed by atoms with van der Waals surface area (Å²) in [5, 5.41) is 9.87. The number of aliphatic hydroxyl groups is 1. The molecule has 0 spiro atoms. The van der Waals surface area contributed by atoms with Gasteiger partial charge >= 0.3 is 6.01 Å². The molecule has 7 heteroatoms. The molecule has 0 aliphatic carbocycles. The Balaban J connectivity index is 2.15. The predicted octanol–water partition coefficient (Wildman–Crippen LogP) is -0.186. The molecule has 0 atom stereocenters. The third kappa shape index (κ3) is 2.73. The van der Waals surface area contributed by atoms with Crippen LogP contribution in [0.4, 0.5) is 11.9 Å². The van der Waals surface area contributed by atoms with Gasteiger partial charge in [-0.1, -0.05) is 0 Å². The monoisotopic (exact) mass is 239 g/mol. The third-order valence-electron chi connectivity index (χ3n) is 2.93. The van der Waals surface area contributed by atoms with Crippen LogP contribution < -0.4 is 15.4 Å². The zero-order valence-corrected chi connectivity index (χ0v) is 10.1. The van der Waals surface area contributed by atoms with Crippen LogP contribution in [0.2, 0.25) is 0 Å². The Morgan fingerprint density at radius 3 is 2.53 bits per heavy atom. The molecule has 2 rings (SSSR count). The summed E-state index contributed by atoms with van der Waals surface area (Å²) in [6, 6.07) is 0.213. The van der Waals surface area contributed by atoms with E-state index in [1.807, 2.05) is 11.8 Å². The fraction of sp³-hybridized carbons (Fsp3) is 0.700. The standard InChI is InChI=1S/C10H17N5O2/c1-10(16)3-5-15(6-4-10)8-12-7(11)13-9(14-8)17-2/h16H,3-6H2,1-2H3,(H2,11,12,13,14). The van der Waals surface area contributed by atoms with E-state index in [-0.39, 0.29) is 12.0 Å². The van der Waals surface area contributed by atoms with Gasteiger partial charge in [-0.2, -0.15) is 15.0 Å². The number of hydrogen-bond donors (Lipinski definition) is 2. The minimum Gasteiger partial charge on any atom is -0.467 e. The molecule has 7 nitrogen and oxygen atoms in total. The Morgan fingerprint density at radius 2 is 1.94 bits per heavy atom. The largest absolute Gasteiger partial charge is 0.467 e. The molecule has 2 heterocycles. The second-order valence-electron chi connectivity index (χ2n) is 4.46. The molecule has 1 saturated heterocycles. The van der Waals surface area contributed by atoms with Crippen LogP contribution in [0, 0.1) is 0 Å². The van der Waals surface area contributed by atoms with Gasteiger partial charge in [-0.25, -0.2) is 0 Å². The molecular weight excluding hydrogens is 222 g/mol. The van der Waals surface area contributed by atoms with E-state index < -0.39 is 5.60 Å². The van der Waals surface area contributed by atoms with Crippen LogP contribution in [0.5, 0.6) is 6.01 Å². The maximum absolute atomic E-state index is 9.87. The second kappa shape index (κ2) is 4.33. The Kier molecular flexibility index (Phi) is 3.01. The van der Waals surface area contributed by atoms with E-state index in [9.17, 15) is 5.11 Å². The first-order valence-corrected chi connectivity index (χ1v) is 5.53. The van der Waals surface area contributed by atoms with Crippen LogP contribution in [0.25, 0.3) is 0 Å². The van der Waals surface area contributed by atoms with Crippen LogP contribution in [0.15, 0.2) is 0 Å². The third-order valence-corrected chi connectivity index (χ3v) is 2.93. The zero-order valence-electron chi connectivity index (χ0n) is 10.1. The highest BCUT2D eigenvalue weighted by Gasteiger charge is 2.28. The van der Waals surface area contributed by atoms with Gasteiger partial charge < -0.3 is 20.5 Å². The number of hydrogen-bond acceptors (Lipinski definition) is 7. The molecule has 1 fully saturated rings. The first-order valence-electron chi connectivity index (χ1n) is 5.53. The fourth-order valence-corrected chi connectivity index (χ4v) is 1.78. The van der Waals surface area contributed by atoms with E-state index in [2.05, 4.69) is 15.0 Å². The molecule has 1 aliphatic rings. The summed E-state index contributed by atoms with van der Waals surface area (Å²) >= 11 is 0. The molecule has 0 amide bonds. The summed E-state index contributed by atoms with van der Waals surface area (Å²) < 4.78 is 4.95. The van der Waals surface area contributed by atoms with Crippen LogP contribution in [-0.2, 0) is 0 Å². The lowest BCUT2D eigenvalue weighted by Crippen LogP contribution is -2.43. The summed E-state index contributed by atoms with van der Waals surface area (Å²) in [6.07, 6.45) is 1.36. The summed E-state index contributed by atoms with van der Waals surface area (Å²) in [5.41, 5.74) is 4.98. The molecule has 3 N–H and O–H groups in total. The number of ether oxygens (including phenoxy) is 1. The fourth-order valence-electron chi connectivity index (χ4n) is 1.78. The lowest BCUT2D eigenvalue weighted by atomic mass is 9.94.